The van der Waals surface area contributed by atoms with Crippen LogP contribution in [-0.2, 0) is 0 Å². The number of nitrogens with two attached hydrogens (primary N) is 3. The third-order valence-corrected chi connectivity index (χ3v) is 1.13. The fourth-order valence-corrected chi connectivity index (χ4v) is 0.565. The molecule has 1 aromatic rings. The topological polar surface area (TPSA) is 107 Å². The highest BCUT2D eigenvalue weighted by atomic mass is 16.1. The maximum absolute atomic E-state index is 10.5. The van der Waals surface area contributed by atoms with Crippen LogP contribution in [0.3, 0.4) is 0 Å². The van der Waals surface area contributed by atoms with E-state index in [0.29, 0.717) is 0 Å². The lowest BCUT2D eigenvalue weighted by Gasteiger charge is -1.99. The van der Waals surface area contributed by atoms with E-state index in [0.717, 1.165) is 0 Å². The van der Waals surface area contributed by atoms with E-state index in [4.69, 9.17) is 17.3 Å². The van der Waals surface area contributed by atoms with Crippen molar-refractivity contribution in [2.75, 3.05) is 11.5 Å². The summed E-state index contributed by atoms with van der Waals surface area (Å²) in [5, 5.41) is 3.19. The van der Waals surface area contributed by atoms with Gasteiger partial charge in [0.1, 0.15) is 5.69 Å². The molecule has 0 bridgehead atoms. The fourth-order valence-electron chi connectivity index (χ4n) is 0.565. The smallest absolute Gasteiger partial charge is 0.233 e. The van der Waals surface area contributed by atoms with Crippen LogP contribution in [-0.4, -0.2) is 0 Å². The summed E-state index contributed by atoms with van der Waals surface area (Å²) < 4.78 is 0. The van der Waals surface area contributed by atoms with E-state index in [2.05, 4.69) is 5.10 Å². The summed E-state index contributed by atoms with van der Waals surface area (Å²) in [6, 6.07) is 0. The Bertz CT molecular complexity index is 306. The number of nitrogens with zero attached hydrogens (tertiary/aromatic N) is 1. The summed E-state index contributed by atoms with van der Waals surface area (Å²) in [5.74, 6) is 4.77. The van der Waals surface area contributed by atoms with Crippen LogP contribution < -0.4 is 28.1 Å². The summed E-state index contributed by atoms with van der Waals surface area (Å²) in [6.45, 7) is 0. The Labute approximate surface area is 50.5 Å². The van der Waals surface area contributed by atoms with Crippen molar-refractivity contribution >= 4 is 11.4 Å². The lowest BCUT2D eigenvalue weighted by molar-refractivity contribution is 1.11. The first-order chi connectivity index (χ1) is 4.18. The third-order valence-electron chi connectivity index (χ3n) is 1.13. The minimum atomic E-state index is -0.366. The first-order valence-electron chi connectivity index (χ1n) is 2.26. The van der Waals surface area contributed by atoms with Crippen LogP contribution in [0, 0.1) is 0 Å². The van der Waals surface area contributed by atoms with Gasteiger partial charge in [0.15, 0.2) is 5.36 Å². The van der Waals surface area contributed by atoms with Crippen LogP contribution in [0.15, 0.2) is 9.90 Å². The molecule has 1 aromatic carbocycles. The molecule has 5 nitrogen and oxygen atoms in total. The second kappa shape index (κ2) is 1.48. The molecule has 0 aliphatic carbocycles. The Morgan fingerprint density at radius 2 is 1.78 bits per heavy atom. The number of anilines is 2. The van der Waals surface area contributed by atoms with E-state index < -0.39 is 0 Å². The highest BCUT2D eigenvalue weighted by Gasteiger charge is 2.10. The molecule has 6 N–H and O–H groups in total. The molecule has 48 valence electrons. The van der Waals surface area contributed by atoms with Gasteiger partial charge in [-0.15, -0.1) is 0 Å². The third kappa shape index (κ3) is 0.479. The van der Waals surface area contributed by atoms with Crippen LogP contribution in [0.1, 0.15) is 0 Å². The number of nitrogen functional groups attached to an aromatic ring is 2. The molecule has 0 aromatic heterocycles. The van der Waals surface area contributed by atoms with Gasteiger partial charge >= 0.3 is 0 Å². The van der Waals surface area contributed by atoms with Gasteiger partial charge in [-0.05, 0) is 0 Å². The summed E-state index contributed by atoms with van der Waals surface area (Å²) >= 11 is 0. The molecular weight excluding hydrogens is 120 g/mol. The summed E-state index contributed by atoms with van der Waals surface area (Å²) in [4.78, 5) is 10.5. The molecule has 0 amide bonds. The van der Waals surface area contributed by atoms with Crippen LogP contribution in [0.5, 0.6) is 0 Å². The standard InChI is InChI=1S/C4H6N4O/c5-1-2(6)4(9)3(1)8-7/h5-7H2. The summed E-state index contributed by atoms with van der Waals surface area (Å²) in [5.41, 5.74) is 10.2. The molecule has 0 saturated heterocycles. The van der Waals surface area contributed by atoms with E-state index in [9.17, 15) is 4.79 Å². The number of hydrogen-bond acceptors (Lipinski definition) is 5. The van der Waals surface area contributed by atoms with Crippen LogP contribution in [0.25, 0.3) is 0 Å². The van der Waals surface area contributed by atoms with Gasteiger partial charge in [-0.2, -0.15) is 5.10 Å². The fraction of sp³-hybridized carbons (Fsp3) is 0. The van der Waals surface area contributed by atoms with Gasteiger partial charge in [0, 0.05) is 0 Å². The summed E-state index contributed by atoms with van der Waals surface area (Å²) in [7, 11) is 0. The van der Waals surface area contributed by atoms with Gasteiger partial charge in [0.05, 0.1) is 5.69 Å². The van der Waals surface area contributed by atoms with Crippen molar-refractivity contribution in [1.29, 1.82) is 0 Å². The SMILES string of the molecule is NN=c1c(N)c(N)c1=O. The minimum absolute atomic E-state index is 0.0548. The molecule has 9 heavy (non-hydrogen) atoms. The van der Waals surface area contributed by atoms with Crippen molar-refractivity contribution < 1.29 is 0 Å². The summed E-state index contributed by atoms with van der Waals surface area (Å²) in [6.07, 6.45) is 0. The lowest BCUT2D eigenvalue weighted by Crippen LogP contribution is -2.38. The quantitative estimate of drug-likeness (QED) is 0.272. The van der Waals surface area contributed by atoms with E-state index in [-0.39, 0.29) is 22.2 Å². The average Bonchev–Trinajstić information content (AvgIpc) is 1.89. The Hall–Kier alpha value is -1.52. The molecule has 0 fully saturated rings. The molecule has 0 heterocycles. The van der Waals surface area contributed by atoms with Gasteiger partial charge in [0.2, 0.25) is 5.43 Å². The van der Waals surface area contributed by atoms with Crippen molar-refractivity contribution in [3.8, 4) is 0 Å². The molecule has 0 aliphatic heterocycles. The molecule has 0 atom stereocenters. The van der Waals surface area contributed by atoms with Crippen molar-refractivity contribution in [2.24, 2.45) is 10.9 Å². The molecule has 0 aliphatic rings. The minimum Gasteiger partial charge on any atom is -0.395 e. The monoisotopic (exact) mass is 126 g/mol. The zero-order valence-electron chi connectivity index (χ0n) is 4.59. The number of hydrogen-bond donors (Lipinski definition) is 3. The highest BCUT2D eigenvalue weighted by Crippen LogP contribution is 2.00. The normalized spacial score (nSPS) is 12.7. The second-order valence-corrected chi connectivity index (χ2v) is 1.63. The van der Waals surface area contributed by atoms with Gasteiger partial charge in [-0.25, -0.2) is 0 Å². The Balaban J connectivity index is 3.44. The van der Waals surface area contributed by atoms with Crippen molar-refractivity contribution in [3.05, 3.63) is 15.6 Å². The molecule has 0 saturated carbocycles. The highest BCUT2D eigenvalue weighted by molar-refractivity contribution is 5.67. The molecule has 5 heteroatoms. The van der Waals surface area contributed by atoms with Gasteiger partial charge < -0.3 is 17.3 Å². The van der Waals surface area contributed by atoms with Crippen LogP contribution in [0.4, 0.5) is 11.4 Å². The predicted octanol–water partition coefficient (Wildman–Crippen LogP) is -2.14. The van der Waals surface area contributed by atoms with Crippen molar-refractivity contribution in [2.45, 2.75) is 0 Å². The largest absolute Gasteiger partial charge is 0.395 e. The predicted molar refractivity (Wildman–Crippen MR) is 33.7 cm³/mol. The van der Waals surface area contributed by atoms with Crippen molar-refractivity contribution in [1.82, 2.24) is 0 Å². The van der Waals surface area contributed by atoms with E-state index in [1.807, 2.05) is 0 Å². The van der Waals surface area contributed by atoms with E-state index >= 15 is 0 Å². The number of rotatable bonds is 0. The Kier molecular flexibility index (Phi) is 0.921. The molecular formula is C4H6N4O. The van der Waals surface area contributed by atoms with Gasteiger partial charge in [-0.1, -0.05) is 0 Å². The first-order valence-corrected chi connectivity index (χ1v) is 2.26. The molecule has 0 radical (unpaired) electrons. The maximum atomic E-state index is 10.5. The Morgan fingerprint density at radius 1 is 1.22 bits per heavy atom. The van der Waals surface area contributed by atoms with Gasteiger partial charge in [-0.3, -0.25) is 4.79 Å². The second-order valence-electron chi connectivity index (χ2n) is 1.63. The average molecular weight is 126 g/mol. The van der Waals surface area contributed by atoms with Gasteiger partial charge in [0.25, 0.3) is 0 Å². The maximum Gasteiger partial charge on any atom is 0.233 e. The molecule has 0 unspecified atom stereocenters. The zero-order valence-corrected chi connectivity index (χ0v) is 4.59. The van der Waals surface area contributed by atoms with Crippen molar-refractivity contribution in [3.63, 3.8) is 0 Å². The molecule has 1 rings (SSSR count). The Morgan fingerprint density at radius 3 is 2.00 bits per heavy atom. The van der Waals surface area contributed by atoms with E-state index in [1.54, 1.807) is 0 Å². The first kappa shape index (κ1) is 5.61. The zero-order chi connectivity index (χ0) is 7.02. The lowest BCUT2D eigenvalue weighted by atomic mass is 10.2. The molecule has 0 spiro atoms. The van der Waals surface area contributed by atoms with Crippen LogP contribution >= 0.6 is 0 Å². The van der Waals surface area contributed by atoms with E-state index in [1.165, 1.54) is 0 Å². The van der Waals surface area contributed by atoms with Crippen LogP contribution in [0.2, 0.25) is 0 Å².